The van der Waals surface area contributed by atoms with E-state index in [-0.39, 0.29) is 6.61 Å². The molecule has 0 saturated heterocycles. The van der Waals surface area contributed by atoms with Gasteiger partial charge in [0.05, 0.1) is 23.8 Å². The molecule has 0 fully saturated rings. The van der Waals surface area contributed by atoms with Crippen LogP contribution in [0.3, 0.4) is 0 Å². The van der Waals surface area contributed by atoms with Crippen molar-refractivity contribution in [3.8, 4) is 5.75 Å². The first kappa shape index (κ1) is 19.5. The van der Waals surface area contributed by atoms with Gasteiger partial charge in [0.15, 0.2) is 0 Å². The Bertz CT molecular complexity index is 1220. The lowest BCUT2D eigenvalue weighted by Crippen LogP contribution is -2.18. The van der Waals surface area contributed by atoms with Gasteiger partial charge in [-0.2, -0.15) is 0 Å². The van der Waals surface area contributed by atoms with Crippen LogP contribution in [0, 0.1) is 6.92 Å². The van der Waals surface area contributed by atoms with Crippen LogP contribution in [0.5, 0.6) is 5.75 Å². The zero-order valence-corrected chi connectivity index (χ0v) is 17.2. The summed E-state index contributed by atoms with van der Waals surface area (Å²) < 4.78 is 10.5. The van der Waals surface area contributed by atoms with Gasteiger partial charge in [0.25, 0.3) is 0 Å². The molecule has 2 N–H and O–H groups in total. The molecule has 4 aromatic rings. The molecule has 6 nitrogen and oxygen atoms in total. The predicted octanol–water partition coefficient (Wildman–Crippen LogP) is 5.30. The molecule has 0 bridgehead atoms. The van der Waals surface area contributed by atoms with Crippen molar-refractivity contribution < 1.29 is 14.3 Å². The topological polar surface area (TPSA) is 72.5 Å². The molecule has 152 valence electrons. The van der Waals surface area contributed by atoms with Gasteiger partial charge in [-0.05, 0) is 54.4 Å². The molecule has 0 unspecified atom stereocenters. The lowest BCUT2D eigenvalue weighted by atomic mass is 10.1. The van der Waals surface area contributed by atoms with Crippen molar-refractivity contribution >= 4 is 39.3 Å². The van der Waals surface area contributed by atoms with E-state index in [2.05, 4.69) is 35.8 Å². The van der Waals surface area contributed by atoms with E-state index in [1.807, 2.05) is 42.5 Å². The van der Waals surface area contributed by atoms with E-state index in [0.717, 1.165) is 50.1 Å². The highest BCUT2D eigenvalue weighted by molar-refractivity contribution is 6.09. The number of ether oxygens (including phenoxy) is 2. The first-order valence-corrected chi connectivity index (χ1v) is 9.66. The standard InChI is InChI=1S/C24H23N3O3/c1-15-4-10-19-22(12-15)27-21-11-9-18(29-3)13-20(21)23(19)26-17-7-5-16(6-8-17)14-30-24(28)25-2/h4-13H,14H2,1-3H3,(H,25,28)(H,26,27). The molecule has 0 aliphatic carbocycles. The number of carbonyl (C=O) groups excluding carboxylic acids is 1. The Morgan fingerprint density at radius 1 is 0.967 bits per heavy atom. The van der Waals surface area contributed by atoms with Gasteiger partial charge < -0.3 is 20.1 Å². The van der Waals surface area contributed by atoms with Crippen LogP contribution in [0.15, 0.2) is 60.7 Å². The average molecular weight is 401 g/mol. The Balaban J connectivity index is 1.73. The van der Waals surface area contributed by atoms with Crippen molar-refractivity contribution in [2.75, 3.05) is 19.5 Å². The maximum atomic E-state index is 11.3. The van der Waals surface area contributed by atoms with Gasteiger partial charge >= 0.3 is 6.09 Å². The van der Waals surface area contributed by atoms with E-state index in [1.165, 1.54) is 7.05 Å². The van der Waals surface area contributed by atoms with Gasteiger partial charge in [-0.25, -0.2) is 9.78 Å². The number of aryl methyl sites for hydroxylation is 1. The number of amides is 1. The molecule has 1 amide bonds. The van der Waals surface area contributed by atoms with Crippen molar-refractivity contribution in [3.63, 3.8) is 0 Å². The van der Waals surface area contributed by atoms with Crippen molar-refractivity contribution in [1.82, 2.24) is 10.3 Å². The molecule has 0 spiro atoms. The van der Waals surface area contributed by atoms with Crippen molar-refractivity contribution in [1.29, 1.82) is 0 Å². The fraction of sp³-hybridized carbons (Fsp3) is 0.167. The van der Waals surface area contributed by atoms with E-state index in [1.54, 1.807) is 7.11 Å². The number of alkyl carbamates (subject to hydrolysis) is 1. The summed E-state index contributed by atoms with van der Waals surface area (Å²) >= 11 is 0. The summed E-state index contributed by atoms with van der Waals surface area (Å²) in [6.07, 6.45) is -0.448. The normalized spacial score (nSPS) is 10.8. The minimum Gasteiger partial charge on any atom is -0.497 e. The highest BCUT2D eigenvalue weighted by atomic mass is 16.5. The van der Waals surface area contributed by atoms with Crippen LogP contribution in [-0.2, 0) is 11.3 Å². The highest BCUT2D eigenvalue weighted by Gasteiger charge is 2.11. The summed E-state index contributed by atoms with van der Waals surface area (Å²) in [5.41, 5.74) is 5.80. The maximum Gasteiger partial charge on any atom is 0.407 e. The molecule has 6 heteroatoms. The zero-order chi connectivity index (χ0) is 21.1. The first-order chi connectivity index (χ1) is 14.6. The molecule has 4 rings (SSSR count). The minimum atomic E-state index is -0.448. The average Bonchev–Trinajstić information content (AvgIpc) is 2.77. The molecule has 0 aliphatic rings. The molecule has 0 radical (unpaired) electrons. The number of rotatable bonds is 5. The van der Waals surface area contributed by atoms with Crippen molar-refractivity contribution in [3.05, 3.63) is 71.8 Å². The van der Waals surface area contributed by atoms with Gasteiger partial charge in [-0.3, -0.25) is 0 Å². The molecule has 1 heterocycles. The van der Waals surface area contributed by atoms with Crippen LogP contribution in [0.1, 0.15) is 11.1 Å². The molecular formula is C24H23N3O3. The number of fused-ring (bicyclic) bond motifs is 2. The molecule has 0 saturated carbocycles. The quantitative estimate of drug-likeness (QED) is 0.444. The van der Waals surface area contributed by atoms with Gasteiger partial charge in [0.1, 0.15) is 12.4 Å². The fourth-order valence-electron chi connectivity index (χ4n) is 3.34. The molecule has 3 aromatic carbocycles. The summed E-state index contributed by atoms with van der Waals surface area (Å²) in [5.74, 6) is 0.778. The van der Waals surface area contributed by atoms with Crippen LogP contribution in [0.4, 0.5) is 16.2 Å². The molecular weight excluding hydrogens is 378 g/mol. The van der Waals surface area contributed by atoms with Crippen LogP contribution in [-0.4, -0.2) is 25.2 Å². The van der Waals surface area contributed by atoms with Crippen LogP contribution in [0.25, 0.3) is 21.8 Å². The number of aromatic nitrogens is 1. The largest absolute Gasteiger partial charge is 0.497 e. The van der Waals surface area contributed by atoms with Crippen LogP contribution >= 0.6 is 0 Å². The molecule has 1 aromatic heterocycles. The monoisotopic (exact) mass is 401 g/mol. The Morgan fingerprint density at radius 2 is 1.77 bits per heavy atom. The molecule has 0 atom stereocenters. The van der Waals surface area contributed by atoms with Crippen LogP contribution in [0.2, 0.25) is 0 Å². The minimum absolute atomic E-state index is 0.220. The van der Waals surface area contributed by atoms with Crippen molar-refractivity contribution in [2.24, 2.45) is 0 Å². The third-order valence-electron chi connectivity index (χ3n) is 4.93. The summed E-state index contributed by atoms with van der Waals surface area (Å²) in [5, 5.41) is 8.00. The predicted molar refractivity (Wildman–Crippen MR) is 120 cm³/mol. The van der Waals surface area contributed by atoms with Gasteiger partial charge in [0, 0.05) is 23.5 Å². The Morgan fingerprint density at radius 3 is 2.50 bits per heavy atom. The Labute approximate surface area is 174 Å². The van der Waals surface area contributed by atoms with E-state index < -0.39 is 6.09 Å². The van der Waals surface area contributed by atoms with E-state index >= 15 is 0 Å². The van der Waals surface area contributed by atoms with Crippen LogP contribution < -0.4 is 15.4 Å². The van der Waals surface area contributed by atoms with Gasteiger partial charge in [-0.15, -0.1) is 0 Å². The Kier molecular flexibility index (Phi) is 5.39. The third-order valence-corrected chi connectivity index (χ3v) is 4.93. The zero-order valence-electron chi connectivity index (χ0n) is 17.2. The number of anilines is 2. The Hall–Kier alpha value is -3.80. The second-order valence-corrected chi connectivity index (χ2v) is 7.04. The smallest absolute Gasteiger partial charge is 0.407 e. The third kappa shape index (κ3) is 3.98. The second kappa shape index (κ2) is 8.29. The number of hydrogen-bond acceptors (Lipinski definition) is 5. The van der Waals surface area contributed by atoms with E-state index in [9.17, 15) is 4.79 Å². The lowest BCUT2D eigenvalue weighted by molar-refractivity contribution is 0.142. The number of hydrogen-bond donors (Lipinski definition) is 2. The highest BCUT2D eigenvalue weighted by Crippen LogP contribution is 2.35. The number of nitrogens with zero attached hydrogens (tertiary/aromatic N) is 1. The lowest BCUT2D eigenvalue weighted by Gasteiger charge is -2.15. The maximum absolute atomic E-state index is 11.3. The molecule has 30 heavy (non-hydrogen) atoms. The number of methoxy groups -OCH3 is 1. The summed E-state index contributed by atoms with van der Waals surface area (Å²) in [4.78, 5) is 16.1. The van der Waals surface area contributed by atoms with Gasteiger partial charge in [0.2, 0.25) is 0 Å². The molecule has 0 aliphatic heterocycles. The van der Waals surface area contributed by atoms with Crippen molar-refractivity contribution in [2.45, 2.75) is 13.5 Å². The second-order valence-electron chi connectivity index (χ2n) is 7.04. The fourth-order valence-corrected chi connectivity index (χ4v) is 3.34. The summed E-state index contributed by atoms with van der Waals surface area (Å²) in [7, 11) is 3.20. The van der Waals surface area contributed by atoms with Gasteiger partial charge in [-0.1, -0.05) is 24.3 Å². The number of carbonyl (C=O) groups is 1. The summed E-state index contributed by atoms with van der Waals surface area (Å²) in [6, 6.07) is 19.9. The first-order valence-electron chi connectivity index (χ1n) is 9.66. The number of nitrogens with one attached hydrogen (secondary N) is 2. The van der Waals surface area contributed by atoms with E-state index in [0.29, 0.717) is 0 Å². The summed E-state index contributed by atoms with van der Waals surface area (Å²) in [6.45, 7) is 2.28. The van der Waals surface area contributed by atoms with E-state index in [4.69, 9.17) is 14.5 Å². The number of benzene rings is 3. The SMILES string of the molecule is CNC(=O)OCc1ccc(Nc2c3ccc(C)cc3nc3ccc(OC)cc23)cc1. The number of pyridine rings is 1.